The van der Waals surface area contributed by atoms with Gasteiger partial charge in [-0.05, 0) is 62.5 Å². The Morgan fingerprint density at radius 3 is 2.63 bits per heavy atom. The Kier molecular flexibility index (Phi) is 3.66. The van der Waals surface area contributed by atoms with Crippen LogP contribution in [-0.4, -0.2) is 36.0 Å². The van der Waals surface area contributed by atoms with Gasteiger partial charge in [-0.15, -0.1) is 0 Å². The standard InChI is InChI=1S/C20H23NO6/c22-17(21-14-1-2-15-16(4-14)27-11-26-15)9-25-18(23)19-5-12-3-13(6-19)8-20(24,7-12)10-19/h1-2,4,12-13,24H,3,5-11H2,(H,21,22)/t12-,13+,19?,20?. The molecule has 7 heteroatoms. The molecule has 0 radical (unpaired) electrons. The molecule has 27 heavy (non-hydrogen) atoms. The second-order valence-corrected chi connectivity index (χ2v) is 8.66. The van der Waals surface area contributed by atoms with Gasteiger partial charge in [0, 0.05) is 11.8 Å². The van der Waals surface area contributed by atoms with Gasteiger partial charge in [0.2, 0.25) is 6.79 Å². The minimum Gasteiger partial charge on any atom is -0.455 e. The molecule has 2 N–H and O–H groups in total. The van der Waals surface area contributed by atoms with Gasteiger partial charge >= 0.3 is 5.97 Å². The van der Waals surface area contributed by atoms with Crippen LogP contribution >= 0.6 is 0 Å². The molecule has 1 amide bonds. The molecular formula is C20H23NO6. The maximum absolute atomic E-state index is 12.8. The fourth-order valence-corrected chi connectivity index (χ4v) is 5.91. The van der Waals surface area contributed by atoms with Crippen LogP contribution in [0, 0.1) is 17.3 Å². The van der Waals surface area contributed by atoms with Crippen molar-refractivity contribution >= 4 is 17.6 Å². The maximum Gasteiger partial charge on any atom is 0.312 e. The molecule has 6 rings (SSSR count). The van der Waals surface area contributed by atoms with Gasteiger partial charge in [-0.1, -0.05) is 0 Å². The van der Waals surface area contributed by atoms with E-state index < -0.39 is 16.9 Å². The normalized spacial score (nSPS) is 35.1. The summed E-state index contributed by atoms with van der Waals surface area (Å²) in [6.07, 6.45) is 4.70. The predicted molar refractivity (Wildman–Crippen MR) is 94.2 cm³/mol. The molecule has 5 aliphatic rings. The molecule has 1 heterocycles. The SMILES string of the molecule is O=C(COC(=O)C12C[C@@H]3C[C@@H](CC(O)(C3)C1)C2)Nc1ccc2c(c1)OCO2. The molecule has 1 aromatic carbocycles. The number of benzene rings is 1. The van der Waals surface area contributed by atoms with Crippen molar-refractivity contribution in [2.75, 3.05) is 18.7 Å². The van der Waals surface area contributed by atoms with Crippen LogP contribution in [-0.2, 0) is 14.3 Å². The molecule has 7 nitrogen and oxygen atoms in total. The molecule has 2 unspecified atom stereocenters. The lowest BCUT2D eigenvalue weighted by Gasteiger charge is -2.58. The van der Waals surface area contributed by atoms with Crippen molar-refractivity contribution in [1.82, 2.24) is 0 Å². The molecule has 1 aliphatic heterocycles. The third-order valence-electron chi connectivity index (χ3n) is 6.45. The van der Waals surface area contributed by atoms with Gasteiger partial charge in [0.15, 0.2) is 18.1 Å². The van der Waals surface area contributed by atoms with Crippen molar-refractivity contribution in [3.8, 4) is 11.5 Å². The van der Waals surface area contributed by atoms with Crippen LogP contribution in [0.1, 0.15) is 38.5 Å². The molecule has 0 spiro atoms. The van der Waals surface area contributed by atoms with Crippen LogP contribution in [0.25, 0.3) is 0 Å². The Morgan fingerprint density at radius 1 is 1.15 bits per heavy atom. The van der Waals surface area contributed by atoms with E-state index in [1.165, 1.54) is 0 Å². The van der Waals surface area contributed by atoms with Crippen molar-refractivity contribution in [3.63, 3.8) is 0 Å². The van der Waals surface area contributed by atoms with Crippen LogP contribution in [0.15, 0.2) is 18.2 Å². The first-order valence-corrected chi connectivity index (χ1v) is 9.52. The molecule has 4 bridgehead atoms. The number of rotatable bonds is 4. The Labute approximate surface area is 157 Å². The Hall–Kier alpha value is -2.28. The molecule has 4 fully saturated rings. The van der Waals surface area contributed by atoms with Gasteiger partial charge in [0.25, 0.3) is 5.91 Å². The summed E-state index contributed by atoms with van der Waals surface area (Å²) in [5.74, 6) is 1.27. The lowest BCUT2D eigenvalue weighted by Crippen LogP contribution is -2.58. The molecule has 4 atom stereocenters. The van der Waals surface area contributed by atoms with Gasteiger partial charge in [-0.3, -0.25) is 9.59 Å². The van der Waals surface area contributed by atoms with Crippen molar-refractivity contribution < 1.29 is 28.9 Å². The van der Waals surface area contributed by atoms with E-state index in [2.05, 4.69) is 5.32 Å². The van der Waals surface area contributed by atoms with E-state index in [9.17, 15) is 14.7 Å². The molecule has 4 aliphatic carbocycles. The van der Waals surface area contributed by atoms with Crippen LogP contribution in [0.2, 0.25) is 0 Å². The summed E-state index contributed by atoms with van der Waals surface area (Å²) in [7, 11) is 0. The number of hydrogen-bond donors (Lipinski definition) is 2. The highest BCUT2D eigenvalue weighted by Gasteiger charge is 2.60. The van der Waals surface area contributed by atoms with E-state index >= 15 is 0 Å². The zero-order valence-corrected chi connectivity index (χ0v) is 15.0. The summed E-state index contributed by atoms with van der Waals surface area (Å²) in [6.45, 7) is -0.163. The number of fused-ring (bicyclic) bond motifs is 1. The van der Waals surface area contributed by atoms with E-state index in [-0.39, 0.29) is 19.4 Å². The predicted octanol–water partition coefficient (Wildman–Crippen LogP) is 2.23. The highest BCUT2D eigenvalue weighted by molar-refractivity contribution is 5.93. The van der Waals surface area contributed by atoms with Crippen molar-refractivity contribution in [2.45, 2.75) is 44.1 Å². The third kappa shape index (κ3) is 2.94. The van der Waals surface area contributed by atoms with Crippen LogP contribution in [0.5, 0.6) is 11.5 Å². The van der Waals surface area contributed by atoms with Gasteiger partial charge in [0.1, 0.15) is 0 Å². The number of amides is 1. The highest BCUT2D eigenvalue weighted by atomic mass is 16.7. The summed E-state index contributed by atoms with van der Waals surface area (Å²) in [4.78, 5) is 25.0. The van der Waals surface area contributed by atoms with Gasteiger partial charge in [-0.2, -0.15) is 0 Å². The zero-order valence-electron chi connectivity index (χ0n) is 15.0. The Balaban J connectivity index is 1.20. The number of esters is 1. The first kappa shape index (κ1) is 16.9. The molecule has 0 saturated heterocycles. The number of hydrogen-bond acceptors (Lipinski definition) is 6. The second kappa shape index (κ2) is 5.86. The lowest BCUT2D eigenvalue weighted by atomic mass is 9.48. The number of carbonyl (C=O) groups excluding carboxylic acids is 2. The summed E-state index contributed by atoms with van der Waals surface area (Å²) in [5, 5.41) is 13.5. The van der Waals surface area contributed by atoms with Crippen molar-refractivity contribution in [3.05, 3.63) is 18.2 Å². The Bertz CT molecular complexity index is 792. The van der Waals surface area contributed by atoms with Crippen molar-refractivity contribution in [2.24, 2.45) is 17.3 Å². The third-order valence-corrected chi connectivity index (χ3v) is 6.45. The molecule has 1 aromatic rings. The van der Waals surface area contributed by atoms with E-state index in [0.717, 1.165) is 32.1 Å². The molecular weight excluding hydrogens is 350 g/mol. The average Bonchev–Trinajstić information content (AvgIpc) is 3.05. The number of carbonyl (C=O) groups is 2. The number of nitrogens with one attached hydrogen (secondary N) is 1. The van der Waals surface area contributed by atoms with Crippen LogP contribution < -0.4 is 14.8 Å². The lowest BCUT2D eigenvalue weighted by molar-refractivity contribution is -0.196. The zero-order chi connectivity index (χ0) is 18.6. The van der Waals surface area contributed by atoms with Crippen molar-refractivity contribution in [1.29, 1.82) is 0 Å². The summed E-state index contributed by atoms with van der Waals surface area (Å²) < 4.78 is 15.9. The highest BCUT2D eigenvalue weighted by Crippen LogP contribution is 2.61. The van der Waals surface area contributed by atoms with E-state index in [1.807, 2.05) is 0 Å². The quantitative estimate of drug-likeness (QED) is 0.786. The summed E-state index contributed by atoms with van der Waals surface area (Å²) in [5.41, 5.74) is -0.778. The second-order valence-electron chi connectivity index (χ2n) is 8.66. The number of anilines is 1. The molecule has 0 aromatic heterocycles. The minimum atomic E-state index is -0.724. The van der Waals surface area contributed by atoms with Crippen LogP contribution in [0.4, 0.5) is 5.69 Å². The largest absolute Gasteiger partial charge is 0.455 e. The molecule has 4 saturated carbocycles. The molecule has 144 valence electrons. The first-order chi connectivity index (χ1) is 12.9. The smallest absolute Gasteiger partial charge is 0.312 e. The summed E-state index contributed by atoms with van der Waals surface area (Å²) in [6, 6.07) is 5.11. The van der Waals surface area contributed by atoms with Gasteiger partial charge in [-0.25, -0.2) is 0 Å². The van der Waals surface area contributed by atoms with E-state index in [1.54, 1.807) is 18.2 Å². The fraction of sp³-hybridized carbons (Fsp3) is 0.600. The first-order valence-electron chi connectivity index (χ1n) is 9.52. The van der Waals surface area contributed by atoms with Gasteiger partial charge in [0.05, 0.1) is 11.0 Å². The number of ether oxygens (including phenoxy) is 3. The van der Waals surface area contributed by atoms with Gasteiger partial charge < -0.3 is 24.6 Å². The topological polar surface area (TPSA) is 94.1 Å². The summed E-state index contributed by atoms with van der Waals surface area (Å²) >= 11 is 0. The van der Waals surface area contributed by atoms with Crippen LogP contribution in [0.3, 0.4) is 0 Å². The average molecular weight is 373 g/mol. The van der Waals surface area contributed by atoms with E-state index in [4.69, 9.17) is 14.2 Å². The monoisotopic (exact) mass is 373 g/mol. The number of aliphatic hydroxyl groups is 1. The Morgan fingerprint density at radius 2 is 1.89 bits per heavy atom. The maximum atomic E-state index is 12.8. The fourth-order valence-electron chi connectivity index (χ4n) is 5.91. The minimum absolute atomic E-state index is 0.167. The van der Waals surface area contributed by atoms with E-state index in [0.29, 0.717) is 35.4 Å².